The van der Waals surface area contributed by atoms with Crippen molar-refractivity contribution in [2.75, 3.05) is 6.54 Å². The Hall–Kier alpha value is -1.85. The third-order valence-electron chi connectivity index (χ3n) is 3.96. The number of amides is 1. The van der Waals surface area contributed by atoms with Crippen LogP contribution in [-0.2, 0) is 4.79 Å². The molecule has 2 rings (SSSR count). The van der Waals surface area contributed by atoms with Gasteiger partial charge in [-0.2, -0.15) is 0 Å². The van der Waals surface area contributed by atoms with Gasteiger partial charge in [-0.05, 0) is 30.9 Å². The van der Waals surface area contributed by atoms with Crippen LogP contribution in [0.4, 0.5) is 0 Å². The maximum absolute atomic E-state index is 12.2. The summed E-state index contributed by atoms with van der Waals surface area (Å²) in [5.41, 5.74) is 8.00. The van der Waals surface area contributed by atoms with Crippen molar-refractivity contribution in [2.45, 2.75) is 26.9 Å². The minimum Gasteiger partial charge on any atom is -0.352 e. The molecule has 128 valence electrons. The molecule has 3 N–H and O–H groups in total. The monoisotopic (exact) mass is 343 g/mol. The Morgan fingerprint density at radius 3 is 2.62 bits per heavy atom. The van der Waals surface area contributed by atoms with Crippen molar-refractivity contribution in [1.29, 1.82) is 0 Å². The summed E-state index contributed by atoms with van der Waals surface area (Å²) in [6.45, 7) is 10.7. The van der Waals surface area contributed by atoms with Crippen molar-refractivity contribution in [1.82, 2.24) is 5.32 Å². The van der Waals surface area contributed by atoms with Crippen LogP contribution in [0.3, 0.4) is 0 Å². The molecule has 1 heterocycles. The number of likely N-dealkylation sites (N-methyl/N-ethyl adjacent to an activating group) is 1. The first-order valence-electron chi connectivity index (χ1n) is 8.19. The van der Waals surface area contributed by atoms with Gasteiger partial charge in [-0.1, -0.05) is 61.7 Å². The molecule has 1 aliphatic heterocycles. The first-order chi connectivity index (χ1) is 11.4. The van der Waals surface area contributed by atoms with Crippen LogP contribution in [0.25, 0.3) is 5.57 Å². The Morgan fingerprint density at radius 2 is 2.04 bits per heavy atom. The zero-order valence-corrected chi connectivity index (χ0v) is 15.3. The van der Waals surface area contributed by atoms with E-state index >= 15 is 0 Å². The third-order valence-corrected chi connectivity index (χ3v) is 5.08. The quantitative estimate of drug-likeness (QED) is 0.831. The van der Waals surface area contributed by atoms with Crippen LogP contribution in [0.5, 0.6) is 0 Å². The Kier molecular flexibility index (Phi) is 6.40. The maximum Gasteiger partial charge on any atom is 0.257 e. The molecule has 3 unspecified atom stereocenters. The number of nitrogens with zero attached hydrogens (tertiary/aromatic N) is 1. The summed E-state index contributed by atoms with van der Waals surface area (Å²) in [7, 11) is 0. The van der Waals surface area contributed by atoms with E-state index in [4.69, 9.17) is 5.73 Å². The fourth-order valence-electron chi connectivity index (χ4n) is 2.62. The van der Waals surface area contributed by atoms with E-state index in [1.54, 1.807) is 0 Å². The van der Waals surface area contributed by atoms with Gasteiger partial charge in [0.05, 0.1) is 16.1 Å². The largest absolute Gasteiger partial charge is 0.352 e. The Balaban J connectivity index is 2.28. The van der Waals surface area contributed by atoms with E-state index in [9.17, 15) is 4.79 Å². The summed E-state index contributed by atoms with van der Waals surface area (Å²) in [5.74, 6) is 0.0931. The van der Waals surface area contributed by atoms with Crippen molar-refractivity contribution in [3.05, 3.63) is 53.5 Å². The van der Waals surface area contributed by atoms with Crippen molar-refractivity contribution in [2.24, 2.45) is 22.6 Å². The highest BCUT2D eigenvalue weighted by atomic mass is 32.2. The van der Waals surface area contributed by atoms with Crippen LogP contribution in [0, 0.1) is 11.8 Å². The van der Waals surface area contributed by atoms with Gasteiger partial charge in [-0.15, -0.1) is 0 Å². The van der Waals surface area contributed by atoms with Crippen molar-refractivity contribution < 1.29 is 4.79 Å². The van der Waals surface area contributed by atoms with E-state index in [0.717, 1.165) is 16.2 Å². The highest BCUT2D eigenvalue weighted by Gasteiger charge is 2.33. The first-order valence-corrected chi connectivity index (χ1v) is 9.01. The lowest BCUT2D eigenvalue weighted by atomic mass is 9.85. The van der Waals surface area contributed by atoms with Gasteiger partial charge in [0.2, 0.25) is 0 Å². The highest BCUT2D eigenvalue weighted by Crippen LogP contribution is 2.40. The number of nitrogens with one attached hydrogen (secondary N) is 1. The molecule has 1 amide bonds. The number of rotatable bonds is 6. The van der Waals surface area contributed by atoms with Crippen molar-refractivity contribution in [3.63, 3.8) is 0 Å². The van der Waals surface area contributed by atoms with Crippen LogP contribution >= 0.6 is 11.8 Å². The summed E-state index contributed by atoms with van der Waals surface area (Å²) >= 11 is 1.41. The van der Waals surface area contributed by atoms with Crippen LogP contribution in [-0.4, -0.2) is 23.7 Å². The average Bonchev–Trinajstić information content (AvgIpc) is 2.97. The second-order valence-electron chi connectivity index (χ2n) is 5.91. The molecule has 1 aromatic carbocycles. The second-order valence-corrected chi connectivity index (χ2v) is 6.97. The van der Waals surface area contributed by atoms with E-state index in [2.05, 4.69) is 35.9 Å². The summed E-state index contributed by atoms with van der Waals surface area (Å²) in [5, 5.41) is 3.73. The zero-order valence-electron chi connectivity index (χ0n) is 14.5. The molecule has 0 bridgehead atoms. The molecular formula is C19H25N3OS. The minimum atomic E-state index is -0.297. The summed E-state index contributed by atoms with van der Waals surface area (Å²) in [6, 6.07) is 10.1. The number of hydrogen-bond acceptors (Lipinski definition) is 4. The number of aliphatic imine (C=N–C) groups is 1. The molecular weight excluding hydrogens is 318 g/mol. The summed E-state index contributed by atoms with van der Waals surface area (Å²) in [6.07, 6.45) is 1.70. The average molecular weight is 343 g/mol. The van der Waals surface area contributed by atoms with E-state index < -0.39 is 0 Å². The number of thioether (sulfide) groups is 1. The number of benzene rings is 1. The second kappa shape index (κ2) is 8.31. The number of carbonyl (C=O) groups is 1. The Labute approximate surface area is 148 Å². The van der Waals surface area contributed by atoms with E-state index in [1.165, 1.54) is 11.8 Å². The van der Waals surface area contributed by atoms with Gasteiger partial charge in [0.15, 0.2) is 0 Å². The number of allylic oxidation sites excluding steroid dienone is 2. The van der Waals surface area contributed by atoms with Gasteiger partial charge in [0, 0.05) is 12.5 Å². The molecule has 4 nitrogen and oxygen atoms in total. The van der Waals surface area contributed by atoms with Gasteiger partial charge >= 0.3 is 0 Å². The molecule has 0 spiro atoms. The molecule has 24 heavy (non-hydrogen) atoms. The van der Waals surface area contributed by atoms with Gasteiger partial charge in [-0.3, -0.25) is 9.79 Å². The lowest BCUT2D eigenvalue weighted by molar-refractivity contribution is -0.116. The van der Waals surface area contributed by atoms with Gasteiger partial charge in [0.1, 0.15) is 0 Å². The number of nitrogens with two attached hydrogens (primary N) is 1. The standard InChI is InChI=1S/C19H25N3OS/c1-5-21-18(23)17-11-16(19(24-17)22-14(4)20)13(3)12(2)15-9-7-6-8-10-15/h6-11,13-14,16H,2,5,20H2,1,3-4H3,(H,21,23)/b22-19+. The molecule has 5 heteroatoms. The molecule has 1 aliphatic rings. The lowest BCUT2D eigenvalue weighted by Crippen LogP contribution is -2.22. The van der Waals surface area contributed by atoms with Crippen LogP contribution in [0.1, 0.15) is 26.3 Å². The normalized spacial score (nSPS) is 21.2. The molecule has 1 aromatic rings. The lowest BCUT2D eigenvalue weighted by Gasteiger charge is -2.21. The molecule has 0 saturated heterocycles. The van der Waals surface area contributed by atoms with E-state index in [-0.39, 0.29) is 23.9 Å². The van der Waals surface area contributed by atoms with E-state index in [0.29, 0.717) is 11.4 Å². The smallest absolute Gasteiger partial charge is 0.257 e. The van der Waals surface area contributed by atoms with Crippen LogP contribution in [0.2, 0.25) is 0 Å². The Bertz CT molecular complexity index is 664. The summed E-state index contributed by atoms with van der Waals surface area (Å²) in [4.78, 5) is 17.4. The molecule has 0 fully saturated rings. The zero-order chi connectivity index (χ0) is 17.7. The van der Waals surface area contributed by atoms with Gasteiger partial charge in [-0.25, -0.2) is 0 Å². The fraction of sp³-hybridized carbons (Fsp3) is 0.368. The van der Waals surface area contributed by atoms with Crippen molar-refractivity contribution >= 4 is 28.3 Å². The highest BCUT2D eigenvalue weighted by molar-refractivity contribution is 8.18. The number of carbonyl (C=O) groups excluding carboxylic acids is 1. The molecule has 3 atom stereocenters. The van der Waals surface area contributed by atoms with Crippen LogP contribution in [0.15, 0.2) is 52.9 Å². The van der Waals surface area contributed by atoms with Gasteiger partial charge in [0.25, 0.3) is 5.91 Å². The van der Waals surface area contributed by atoms with Gasteiger partial charge < -0.3 is 11.1 Å². The van der Waals surface area contributed by atoms with E-state index in [1.807, 2.05) is 38.1 Å². The molecule has 0 aromatic heterocycles. The SMILES string of the molecule is C=C(c1ccccc1)C(C)C1C=C(C(=O)NCC)S/C1=N/C(C)N. The predicted octanol–water partition coefficient (Wildman–Crippen LogP) is 3.42. The molecule has 0 aliphatic carbocycles. The predicted molar refractivity (Wildman–Crippen MR) is 104 cm³/mol. The fourth-order valence-corrected chi connectivity index (χ4v) is 3.85. The molecule has 0 radical (unpaired) electrons. The first kappa shape index (κ1) is 18.5. The maximum atomic E-state index is 12.2. The summed E-state index contributed by atoms with van der Waals surface area (Å²) < 4.78 is 0. The minimum absolute atomic E-state index is 0.0197. The molecule has 0 saturated carbocycles. The van der Waals surface area contributed by atoms with Crippen molar-refractivity contribution in [3.8, 4) is 0 Å². The topological polar surface area (TPSA) is 67.5 Å². The third kappa shape index (κ3) is 4.36. The van der Waals surface area contributed by atoms with Crippen LogP contribution < -0.4 is 11.1 Å². The Morgan fingerprint density at radius 1 is 1.38 bits per heavy atom. The number of hydrogen-bond donors (Lipinski definition) is 2.